The van der Waals surface area contributed by atoms with Crippen LogP contribution in [0, 0.1) is 0 Å². The zero-order chi connectivity index (χ0) is 11.8. The molecule has 0 aromatic heterocycles. The molecule has 82 valence electrons. The van der Waals surface area contributed by atoms with Gasteiger partial charge in [-0.25, -0.2) is 4.79 Å². The molecule has 0 aliphatic heterocycles. The zero-order valence-corrected chi connectivity index (χ0v) is 8.73. The van der Waals surface area contributed by atoms with Crippen LogP contribution in [0.3, 0.4) is 0 Å². The Labute approximate surface area is 88.2 Å². The molecule has 0 saturated carbocycles. The van der Waals surface area contributed by atoms with E-state index < -0.39 is 11.8 Å². The molecule has 0 aliphatic rings. The van der Waals surface area contributed by atoms with Gasteiger partial charge >= 0.3 is 5.97 Å². The summed E-state index contributed by atoms with van der Waals surface area (Å²) in [6.45, 7) is 4.00. The first-order valence-corrected chi connectivity index (χ1v) is 4.63. The fourth-order valence-electron chi connectivity index (χ4n) is 0.875. The number of rotatable bonds is 3. The van der Waals surface area contributed by atoms with Gasteiger partial charge in [0.05, 0.1) is 0 Å². The summed E-state index contributed by atoms with van der Waals surface area (Å²) in [4.78, 5) is 20.9. The quantitative estimate of drug-likeness (QED) is 0.743. The first kappa shape index (κ1) is 13.2. The molecule has 0 fully saturated rings. The average Bonchev–Trinajstić information content (AvgIpc) is 2.24. The second-order valence-corrected chi connectivity index (χ2v) is 2.57. The number of aromatic hydroxyl groups is 1. The SMILES string of the molecule is CC.O=C(O)C(=O)Cc1ccc(O)cc1. The molecule has 15 heavy (non-hydrogen) atoms. The molecule has 0 aliphatic carbocycles. The molecule has 2 N–H and O–H groups in total. The van der Waals surface area contributed by atoms with E-state index in [9.17, 15) is 9.59 Å². The maximum absolute atomic E-state index is 10.7. The second-order valence-electron chi connectivity index (χ2n) is 2.57. The predicted octanol–water partition coefficient (Wildman–Crippen LogP) is 1.61. The molecule has 0 bridgehead atoms. The minimum absolute atomic E-state index is 0.0894. The Morgan fingerprint density at radius 3 is 2.00 bits per heavy atom. The van der Waals surface area contributed by atoms with Crippen LogP contribution in [0.5, 0.6) is 5.75 Å². The maximum Gasteiger partial charge on any atom is 0.372 e. The lowest BCUT2D eigenvalue weighted by atomic mass is 10.1. The van der Waals surface area contributed by atoms with E-state index >= 15 is 0 Å². The van der Waals surface area contributed by atoms with Crippen LogP contribution in [0.1, 0.15) is 19.4 Å². The number of carboxylic acid groups (broad SMARTS) is 1. The lowest BCUT2D eigenvalue weighted by molar-refractivity contribution is -0.148. The lowest BCUT2D eigenvalue weighted by Crippen LogP contribution is -2.14. The highest BCUT2D eigenvalue weighted by Crippen LogP contribution is 2.10. The average molecular weight is 210 g/mol. The highest BCUT2D eigenvalue weighted by molar-refractivity contribution is 6.33. The number of Topliss-reactive ketones (excluding diaryl/α,β-unsaturated/α-hetero) is 1. The van der Waals surface area contributed by atoms with Crippen LogP contribution in [0.15, 0.2) is 24.3 Å². The van der Waals surface area contributed by atoms with E-state index in [1.165, 1.54) is 24.3 Å². The number of carbonyl (C=O) groups is 2. The molecule has 0 saturated heterocycles. The Morgan fingerprint density at radius 1 is 1.13 bits per heavy atom. The summed E-state index contributed by atoms with van der Waals surface area (Å²) in [5.41, 5.74) is 0.574. The van der Waals surface area contributed by atoms with Crippen molar-refractivity contribution in [3.05, 3.63) is 29.8 Å². The Kier molecular flexibility index (Phi) is 5.78. The monoisotopic (exact) mass is 210 g/mol. The number of phenolic OH excluding ortho intramolecular Hbond substituents is 1. The Hall–Kier alpha value is -1.84. The summed E-state index contributed by atoms with van der Waals surface area (Å²) in [6, 6.07) is 5.83. The summed E-state index contributed by atoms with van der Waals surface area (Å²) < 4.78 is 0. The minimum atomic E-state index is -1.44. The third-order valence-electron chi connectivity index (χ3n) is 1.54. The van der Waals surface area contributed by atoms with Crippen LogP contribution in [-0.4, -0.2) is 22.0 Å². The molecule has 0 radical (unpaired) electrons. The van der Waals surface area contributed by atoms with E-state index in [-0.39, 0.29) is 12.2 Å². The summed E-state index contributed by atoms with van der Waals surface area (Å²) in [5.74, 6) is -2.20. The Bertz CT molecular complexity index is 327. The van der Waals surface area contributed by atoms with Crippen LogP contribution in [0.2, 0.25) is 0 Å². The van der Waals surface area contributed by atoms with Gasteiger partial charge < -0.3 is 10.2 Å². The van der Waals surface area contributed by atoms with E-state index in [0.29, 0.717) is 5.56 Å². The molecule has 4 heteroatoms. The zero-order valence-electron chi connectivity index (χ0n) is 8.73. The van der Waals surface area contributed by atoms with E-state index in [1.54, 1.807) is 0 Å². The van der Waals surface area contributed by atoms with Crippen LogP contribution < -0.4 is 0 Å². The molecular formula is C11H14O4. The Morgan fingerprint density at radius 2 is 1.60 bits per heavy atom. The summed E-state index contributed by atoms with van der Waals surface area (Å²) in [5, 5.41) is 17.2. The van der Waals surface area contributed by atoms with Gasteiger partial charge in [-0.2, -0.15) is 0 Å². The number of carbonyl (C=O) groups excluding carboxylic acids is 1. The van der Waals surface area contributed by atoms with E-state index in [2.05, 4.69) is 0 Å². The number of aliphatic carboxylic acids is 1. The predicted molar refractivity (Wildman–Crippen MR) is 55.8 cm³/mol. The van der Waals surface area contributed by atoms with E-state index in [0.717, 1.165) is 0 Å². The van der Waals surface area contributed by atoms with Gasteiger partial charge in [-0.15, -0.1) is 0 Å². The molecule has 0 spiro atoms. The van der Waals surface area contributed by atoms with Crippen molar-refractivity contribution in [2.45, 2.75) is 20.3 Å². The first-order chi connectivity index (χ1) is 7.09. The van der Waals surface area contributed by atoms with Gasteiger partial charge in [-0.05, 0) is 17.7 Å². The van der Waals surface area contributed by atoms with Crippen molar-refractivity contribution in [1.82, 2.24) is 0 Å². The van der Waals surface area contributed by atoms with Gasteiger partial charge in [-0.3, -0.25) is 4.79 Å². The van der Waals surface area contributed by atoms with E-state index in [4.69, 9.17) is 10.2 Å². The Balaban J connectivity index is 0.000000921. The largest absolute Gasteiger partial charge is 0.508 e. The molecule has 1 aromatic carbocycles. The number of ketones is 1. The highest BCUT2D eigenvalue weighted by atomic mass is 16.4. The molecule has 0 unspecified atom stereocenters. The smallest absolute Gasteiger partial charge is 0.372 e. The number of phenols is 1. The summed E-state index contributed by atoms with van der Waals surface area (Å²) >= 11 is 0. The van der Waals surface area contributed by atoms with Crippen LogP contribution in [-0.2, 0) is 16.0 Å². The number of carboxylic acids is 1. The van der Waals surface area contributed by atoms with Crippen molar-refractivity contribution < 1.29 is 19.8 Å². The second kappa shape index (κ2) is 6.59. The molecule has 4 nitrogen and oxygen atoms in total. The van der Waals surface area contributed by atoms with Gasteiger partial charge in [0.15, 0.2) is 0 Å². The van der Waals surface area contributed by atoms with Crippen LogP contribution in [0.25, 0.3) is 0 Å². The van der Waals surface area contributed by atoms with Crippen molar-refractivity contribution in [1.29, 1.82) is 0 Å². The summed E-state index contributed by atoms with van der Waals surface area (Å²) in [6.07, 6.45) is -0.143. The highest BCUT2D eigenvalue weighted by Gasteiger charge is 2.11. The molecule has 1 rings (SSSR count). The maximum atomic E-state index is 10.7. The number of benzene rings is 1. The van der Waals surface area contributed by atoms with Gasteiger partial charge in [0.1, 0.15) is 5.75 Å². The van der Waals surface area contributed by atoms with Crippen molar-refractivity contribution in [3.63, 3.8) is 0 Å². The van der Waals surface area contributed by atoms with Crippen molar-refractivity contribution >= 4 is 11.8 Å². The van der Waals surface area contributed by atoms with Crippen molar-refractivity contribution in [2.75, 3.05) is 0 Å². The topological polar surface area (TPSA) is 74.6 Å². The number of hydrogen-bond donors (Lipinski definition) is 2. The molecule has 0 atom stereocenters. The molecule has 1 aromatic rings. The standard InChI is InChI=1S/C9H8O4.C2H6/c10-7-3-1-6(2-4-7)5-8(11)9(12)13;1-2/h1-4,10H,5H2,(H,12,13);1-2H3. The number of hydrogen-bond acceptors (Lipinski definition) is 3. The van der Waals surface area contributed by atoms with Gasteiger partial charge in [-0.1, -0.05) is 26.0 Å². The van der Waals surface area contributed by atoms with Crippen molar-refractivity contribution in [3.8, 4) is 5.75 Å². The van der Waals surface area contributed by atoms with Crippen LogP contribution >= 0.6 is 0 Å². The third-order valence-corrected chi connectivity index (χ3v) is 1.54. The van der Waals surface area contributed by atoms with Gasteiger partial charge in [0, 0.05) is 6.42 Å². The van der Waals surface area contributed by atoms with E-state index in [1.807, 2.05) is 13.8 Å². The normalized spacial score (nSPS) is 8.67. The molecular weight excluding hydrogens is 196 g/mol. The van der Waals surface area contributed by atoms with Crippen LogP contribution in [0.4, 0.5) is 0 Å². The fraction of sp³-hybridized carbons (Fsp3) is 0.273. The van der Waals surface area contributed by atoms with Crippen molar-refractivity contribution in [2.24, 2.45) is 0 Å². The third kappa shape index (κ3) is 4.81. The molecule has 0 amide bonds. The minimum Gasteiger partial charge on any atom is -0.508 e. The lowest BCUT2D eigenvalue weighted by Gasteiger charge is -1.97. The molecule has 0 heterocycles. The first-order valence-electron chi connectivity index (χ1n) is 4.63. The van der Waals surface area contributed by atoms with Gasteiger partial charge in [0.2, 0.25) is 5.78 Å². The summed E-state index contributed by atoms with van der Waals surface area (Å²) in [7, 11) is 0. The van der Waals surface area contributed by atoms with Gasteiger partial charge in [0.25, 0.3) is 0 Å². The fourth-order valence-corrected chi connectivity index (χ4v) is 0.875.